The Labute approximate surface area is 89.4 Å². The number of aliphatic hydroxyl groups is 1. The number of aliphatic carboxylic acids is 1. The first-order valence-electron chi connectivity index (χ1n) is 5.00. The van der Waals surface area contributed by atoms with E-state index in [2.05, 4.69) is 13.8 Å². The van der Waals surface area contributed by atoms with Crippen molar-refractivity contribution >= 4 is 5.97 Å². The summed E-state index contributed by atoms with van der Waals surface area (Å²) in [5.41, 5.74) is 1.84. The van der Waals surface area contributed by atoms with Crippen molar-refractivity contribution in [3.05, 3.63) is 35.4 Å². The molecule has 0 radical (unpaired) electrons. The largest absolute Gasteiger partial charge is 0.481 e. The summed E-state index contributed by atoms with van der Waals surface area (Å²) >= 11 is 0. The van der Waals surface area contributed by atoms with Gasteiger partial charge in [0.25, 0.3) is 0 Å². The highest BCUT2D eigenvalue weighted by Gasteiger charge is 2.11. The molecule has 0 amide bonds. The first-order valence-corrected chi connectivity index (χ1v) is 5.00. The number of hydrogen-bond donors (Lipinski definition) is 2. The molecule has 0 aromatic heterocycles. The van der Waals surface area contributed by atoms with E-state index in [1.807, 2.05) is 12.1 Å². The SMILES string of the molecule is CC(C)c1ccc(C(O)CC(=O)O)cc1. The van der Waals surface area contributed by atoms with E-state index in [-0.39, 0.29) is 6.42 Å². The lowest BCUT2D eigenvalue weighted by Crippen LogP contribution is -2.05. The molecule has 0 spiro atoms. The smallest absolute Gasteiger partial charge is 0.306 e. The van der Waals surface area contributed by atoms with Gasteiger partial charge in [0.2, 0.25) is 0 Å². The van der Waals surface area contributed by atoms with Crippen molar-refractivity contribution < 1.29 is 15.0 Å². The van der Waals surface area contributed by atoms with Crippen molar-refractivity contribution in [1.82, 2.24) is 0 Å². The third kappa shape index (κ3) is 3.36. The molecule has 1 rings (SSSR count). The van der Waals surface area contributed by atoms with Gasteiger partial charge in [-0.3, -0.25) is 4.79 Å². The molecule has 1 aromatic carbocycles. The predicted octanol–water partition coefficient (Wildman–Crippen LogP) is 2.32. The summed E-state index contributed by atoms with van der Waals surface area (Å²) in [4.78, 5) is 10.4. The minimum Gasteiger partial charge on any atom is -0.481 e. The zero-order chi connectivity index (χ0) is 11.4. The highest BCUT2D eigenvalue weighted by Crippen LogP contribution is 2.20. The van der Waals surface area contributed by atoms with Crippen molar-refractivity contribution in [2.24, 2.45) is 0 Å². The predicted molar refractivity (Wildman–Crippen MR) is 57.7 cm³/mol. The van der Waals surface area contributed by atoms with E-state index in [0.29, 0.717) is 11.5 Å². The van der Waals surface area contributed by atoms with Crippen molar-refractivity contribution in [2.45, 2.75) is 32.3 Å². The molecular weight excluding hydrogens is 192 g/mol. The molecule has 0 fully saturated rings. The van der Waals surface area contributed by atoms with Gasteiger partial charge in [0, 0.05) is 0 Å². The summed E-state index contributed by atoms with van der Waals surface area (Å²) < 4.78 is 0. The number of benzene rings is 1. The van der Waals surface area contributed by atoms with Crippen LogP contribution in [0.4, 0.5) is 0 Å². The average molecular weight is 208 g/mol. The molecule has 0 aliphatic rings. The number of carbonyl (C=O) groups is 1. The van der Waals surface area contributed by atoms with E-state index in [9.17, 15) is 9.90 Å². The van der Waals surface area contributed by atoms with E-state index in [4.69, 9.17) is 5.11 Å². The molecule has 1 atom stereocenters. The lowest BCUT2D eigenvalue weighted by molar-refractivity contribution is -0.139. The molecule has 0 saturated carbocycles. The normalized spacial score (nSPS) is 12.8. The van der Waals surface area contributed by atoms with Crippen LogP contribution in [0.25, 0.3) is 0 Å². The van der Waals surface area contributed by atoms with Crippen LogP contribution in [0, 0.1) is 0 Å². The minimum absolute atomic E-state index is 0.249. The van der Waals surface area contributed by atoms with Gasteiger partial charge in [-0.05, 0) is 17.0 Å². The lowest BCUT2D eigenvalue weighted by atomic mass is 9.99. The van der Waals surface area contributed by atoms with Crippen LogP contribution in [0.2, 0.25) is 0 Å². The molecule has 0 aliphatic heterocycles. The standard InChI is InChI=1S/C12H16O3/c1-8(2)9-3-5-10(6-4-9)11(13)7-12(14)15/h3-6,8,11,13H,7H2,1-2H3,(H,14,15). The monoisotopic (exact) mass is 208 g/mol. The third-order valence-electron chi connectivity index (χ3n) is 2.36. The lowest BCUT2D eigenvalue weighted by Gasteiger charge is -2.10. The van der Waals surface area contributed by atoms with Crippen LogP contribution in [-0.4, -0.2) is 16.2 Å². The van der Waals surface area contributed by atoms with Gasteiger partial charge in [-0.15, -0.1) is 0 Å². The van der Waals surface area contributed by atoms with Gasteiger partial charge in [0.05, 0.1) is 12.5 Å². The van der Waals surface area contributed by atoms with Crippen LogP contribution in [0.5, 0.6) is 0 Å². The summed E-state index contributed by atoms with van der Waals surface area (Å²) in [5, 5.41) is 18.1. The fourth-order valence-corrected chi connectivity index (χ4v) is 1.39. The average Bonchev–Trinajstić information content (AvgIpc) is 2.17. The summed E-state index contributed by atoms with van der Waals surface area (Å²) in [7, 11) is 0. The van der Waals surface area contributed by atoms with Gasteiger partial charge in [-0.25, -0.2) is 0 Å². The van der Waals surface area contributed by atoms with E-state index in [0.717, 1.165) is 0 Å². The van der Waals surface area contributed by atoms with Crippen LogP contribution < -0.4 is 0 Å². The Morgan fingerprint density at radius 3 is 2.07 bits per heavy atom. The van der Waals surface area contributed by atoms with E-state index in [1.54, 1.807) is 12.1 Å². The van der Waals surface area contributed by atoms with Crippen LogP contribution in [0.3, 0.4) is 0 Å². The number of aliphatic hydroxyl groups excluding tert-OH is 1. The quantitative estimate of drug-likeness (QED) is 0.798. The molecule has 0 bridgehead atoms. The van der Waals surface area contributed by atoms with Crippen LogP contribution >= 0.6 is 0 Å². The van der Waals surface area contributed by atoms with Crippen LogP contribution in [-0.2, 0) is 4.79 Å². The number of carboxylic acids is 1. The van der Waals surface area contributed by atoms with Crippen molar-refractivity contribution in [3.63, 3.8) is 0 Å². The van der Waals surface area contributed by atoms with E-state index >= 15 is 0 Å². The molecule has 3 nitrogen and oxygen atoms in total. The highest BCUT2D eigenvalue weighted by molar-refractivity contribution is 5.67. The Morgan fingerprint density at radius 2 is 1.67 bits per heavy atom. The van der Waals surface area contributed by atoms with Crippen LogP contribution in [0.15, 0.2) is 24.3 Å². The Balaban J connectivity index is 2.75. The minimum atomic E-state index is -0.990. The Bertz CT molecular complexity index is 327. The fraction of sp³-hybridized carbons (Fsp3) is 0.417. The van der Waals surface area contributed by atoms with Crippen LogP contribution in [0.1, 0.15) is 43.4 Å². The third-order valence-corrected chi connectivity index (χ3v) is 2.36. The Morgan fingerprint density at radius 1 is 1.20 bits per heavy atom. The maximum atomic E-state index is 10.4. The Hall–Kier alpha value is -1.35. The molecular formula is C12H16O3. The van der Waals surface area contributed by atoms with Gasteiger partial charge >= 0.3 is 5.97 Å². The van der Waals surface area contributed by atoms with Crippen molar-refractivity contribution in [2.75, 3.05) is 0 Å². The van der Waals surface area contributed by atoms with Gasteiger partial charge in [-0.2, -0.15) is 0 Å². The van der Waals surface area contributed by atoms with E-state index < -0.39 is 12.1 Å². The molecule has 82 valence electrons. The van der Waals surface area contributed by atoms with Gasteiger partial charge in [-0.1, -0.05) is 38.1 Å². The molecule has 1 unspecified atom stereocenters. The summed E-state index contributed by atoms with van der Waals surface area (Å²) in [6.07, 6.45) is -1.16. The zero-order valence-corrected chi connectivity index (χ0v) is 8.97. The molecule has 0 saturated heterocycles. The molecule has 0 aliphatic carbocycles. The van der Waals surface area contributed by atoms with Crippen molar-refractivity contribution in [1.29, 1.82) is 0 Å². The fourth-order valence-electron chi connectivity index (χ4n) is 1.39. The second kappa shape index (κ2) is 4.94. The topological polar surface area (TPSA) is 57.5 Å². The molecule has 3 heteroatoms. The summed E-state index contributed by atoms with van der Waals surface area (Å²) in [6, 6.07) is 7.40. The summed E-state index contributed by atoms with van der Waals surface area (Å²) in [6.45, 7) is 4.17. The summed E-state index contributed by atoms with van der Waals surface area (Å²) in [5.74, 6) is -0.550. The van der Waals surface area contributed by atoms with E-state index in [1.165, 1.54) is 5.56 Å². The Kier molecular flexibility index (Phi) is 3.86. The molecule has 2 N–H and O–H groups in total. The second-order valence-corrected chi connectivity index (χ2v) is 3.94. The van der Waals surface area contributed by atoms with Gasteiger partial charge in [0.15, 0.2) is 0 Å². The molecule has 15 heavy (non-hydrogen) atoms. The maximum absolute atomic E-state index is 10.4. The second-order valence-electron chi connectivity index (χ2n) is 3.94. The number of carboxylic acid groups (broad SMARTS) is 1. The molecule has 1 aromatic rings. The molecule has 0 heterocycles. The highest BCUT2D eigenvalue weighted by atomic mass is 16.4. The maximum Gasteiger partial charge on any atom is 0.306 e. The first kappa shape index (κ1) is 11.7. The zero-order valence-electron chi connectivity index (χ0n) is 8.97. The van der Waals surface area contributed by atoms with Gasteiger partial charge in [0.1, 0.15) is 0 Å². The van der Waals surface area contributed by atoms with Crippen molar-refractivity contribution in [3.8, 4) is 0 Å². The number of rotatable bonds is 4. The first-order chi connectivity index (χ1) is 7.00. The number of hydrogen-bond acceptors (Lipinski definition) is 2. The van der Waals surface area contributed by atoms with Gasteiger partial charge < -0.3 is 10.2 Å².